The summed E-state index contributed by atoms with van der Waals surface area (Å²) in [5.41, 5.74) is 3.85. The largest absolute Gasteiger partial charge is 0.310 e. The predicted octanol–water partition coefficient (Wildman–Crippen LogP) is 3.12. The van der Waals surface area contributed by atoms with Gasteiger partial charge in [-0.05, 0) is 32.7 Å². The summed E-state index contributed by atoms with van der Waals surface area (Å²) >= 11 is 0. The Kier molecular flexibility index (Phi) is 5.19. The van der Waals surface area contributed by atoms with Gasteiger partial charge >= 0.3 is 0 Å². The molecule has 1 aromatic rings. The fourth-order valence-electron chi connectivity index (χ4n) is 2.67. The topological polar surface area (TPSA) is 29.9 Å². The first-order chi connectivity index (χ1) is 8.02. The highest BCUT2D eigenvalue weighted by Crippen LogP contribution is 2.29. The summed E-state index contributed by atoms with van der Waals surface area (Å²) in [7, 11) is 2.03. The van der Waals surface area contributed by atoms with Crippen LogP contribution in [0.25, 0.3) is 0 Å². The summed E-state index contributed by atoms with van der Waals surface area (Å²) < 4.78 is 1.99. The van der Waals surface area contributed by atoms with E-state index < -0.39 is 0 Å². The van der Waals surface area contributed by atoms with Crippen molar-refractivity contribution in [2.75, 3.05) is 6.54 Å². The van der Waals surface area contributed by atoms with Crippen molar-refractivity contribution in [3.8, 4) is 0 Å². The van der Waals surface area contributed by atoms with Gasteiger partial charge in [-0.15, -0.1) is 0 Å². The molecule has 1 rings (SSSR count). The van der Waals surface area contributed by atoms with Crippen LogP contribution in [-0.2, 0) is 7.05 Å². The molecule has 0 aliphatic rings. The van der Waals surface area contributed by atoms with Crippen LogP contribution in [0.4, 0.5) is 0 Å². The maximum Gasteiger partial charge on any atom is 0.0644 e. The van der Waals surface area contributed by atoms with Crippen molar-refractivity contribution in [1.29, 1.82) is 0 Å². The number of nitrogens with zero attached hydrogens (tertiary/aromatic N) is 2. The molecule has 0 bridgehead atoms. The number of aryl methyl sites for hydroxylation is 2. The average Bonchev–Trinajstić information content (AvgIpc) is 2.51. The minimum atomic E-state index is 0.439. The molecule has 0 spiro atoms. The first-order valence-corrected chi connectivity index (χ1v) is 6.76. The molecule has 0 aromatic carbocycles. The van der Waals surface area contributed by atoms with Crippen molar-refractivity contribution in [3.05, 3.63) is 17.0 Å². The molecule has 98 valence electrons. The van der Waals surface area contributed by atoms with Crippen LogP contribution in [0, 0.1) is 19.8 Å². The lowest BCUT2D eigenvalue weighted by Gasteiger charge is -2.25. The van der Waals surface area contributed by atoms with Crippen LogP contribution in [0.3, 0.4) is 0 Å². The van der Waals surface area contributed by atoms with Gasteiger partial charge in [-0.2, -0.15) is 5.10 Å². The van der Waals surface area contributed by atoms with Gasteiger partial charge in [0.05, 0.1) is 5.69 Å². The third-order valence-corrected chi connectivity index (χ3v) is 3.61. The number of hydrogen-bond acceptors (Lipinski definition) is 2. The van der Waals surface area contributed by atoms with E-state index in [1.807, 2.05) is 11.7 Å². The third-order valence-electron chi connectivity index (χ3n) is 3.61. The Labute approximate surface area is 106 Å². The van der Waals surface area contributed by atoms with Gasteiger partial charge in [0.15, 0.2) is 0 Å². The van der Waals surface area contributed by atoms with Gasteiger partial charge in [0.1, 0.15) is 0 Å². The molecule has 1 heterocycles. The molecule has 1 aromatic heterocycles. The zero-order valence-electron chi connectivity index (χ0n) is 12.2. The third kappa shape index (κ3) is 3.09. The number of nitrogens with one attached hydrogen (secondary N) is 1. The minimum absolute atomic E-state index is 0.439. The van der Waals surface area contributed by atoms with Crippen molar-refractivity contribution in [2.24, 2.45) is 13.0 Å². The fraction of sp³-hybridized carbons (Fsp3) is 0.786. The Morgan fingerprint density at radius 1 is 1.29 bits per heavy atom. The average molecular weight is 237 g/mol. The molecule has 1 N–H and O–H groups in total. The molecule has 3 heteroatoms. The SMILES string of the molecule is CCCC(C)C(NCC)c1c(C)nn(C)c1C. The molecular weight excluding hydrogens is 210 g/mol. The zero-order chi connectivity index (χ0) is 13.0. The quantitative estimate of drug-likeness (QED) is 0.824. The van der Waals surface area contributed by atoms with Crippen molar-refractivity contribution in [2.45, 2.75) is 53.5 Å². The van der Waals surface area contributed by atoms with Crippen LogP contribution < -0.4 is 5.32 Å². The lowest BCUT2D eigenvalue weighted by Crippen LogP contribution is -2.27. The van der Waals surface area contributed by atoms with E-state index in [0.717, 1.165) is 6.54 Å². The second-order valence-corrected chi connectivity index (χ2v) is 5.01. The summed E-state index contributed by atoms with van der Waals surface area (Å²) in [5, 5.41) is 8.16. The molecule has 2 unspecified atom stereocenters. The lowest BCUT2D eigenvalue weighted by atomic mass is 9.90. The van der Waals surface area contributed by atoms with Crippen molar-refractivity contribution in [1.82, 2.24) is 15.1 Å². The summed E-state index contributed by atoms with van der Waals surface area (Å²) in [6.45, 7) is 12.0. The van der Waals surface area contributed by atoms with Gasteiger partial charge in [0.25, 0.3) is 0 Å². The number of rotatable bonds is 6. The van der Waals surface area contributed by atoms with Gasteiger partial charge < -0.3 is 5.32 Å². The molecule has 0 aliphatic carbocycles. The highest BCUT2D eigenvalue weighted by Gasteiger charge is 2.23. The monoisotopic (exact) mass is 237 g/mol. The molecule has 0 fully saturated rings. The maximum absolute atomic E-state index is 4.53. The van der Waals surface area contributed by atoms with Crippen LogP contribution in [0.5, 0.6) is 0 Å². The zero-order valence-corrected chi connectivity index (χ0v) is 12.2. The highest BCUT2D eigenvalue weighted by atomic mass is 15.3. The van der Waals surface area contributed by atoms with Gasteiger partial charge in [0.2, 0.25) is 0 Å². The molecule has 0 saturated carbocycles. The molecular formula is C14H27N3. The van der Waals surface area contributed by atoms with Crippen molar-refractivity contribution >= 4 is 0 Å². The van der Waals surface area contributed by atoms with E-state index in [4.69, 9.17) is 0 Å². The molecule has 2 atom stereocenters. The second kappa shape index (κ2) is 6.20. The normalized spacial score (nSPS) is 14.9. The van der Waals surface area contributed by atoms with E-state index in [1.165, 1.54) is 29.8 Å². The summed E-state index contributed by atoms with van der Waals surface area (Å²) in [4.78, 5) is 0. The van der Waals surface area contributed by atoms with E-state index in [9.17, 15) is 0 Å². The Morgan fingerprint density at radius 3 is 2.35 bits per heavy atom. The first-order valence-electron chi connectivity index (χ1n) is 6.76. The van der Waals surface area contributed by atoms with E-state index >= 15 is 0 Å². The van der Waals surface area contributed by atoms with Crippen LogP contribution in [0.2, 0.25) is 0 Å². The van der Waals surface area contributed by atoms with Crippen molar-refractivity contribution in [3.63, 3.8) is 0 Å². The van der Waals surface area contributed by atoms with Crippen molar-refractivity contribution < 1.29 is 0 Å². The summed E-state index contributed by atoms with van der Waals surface area (Å²) in [5.74, 6) is 0.654. The van der Waals surface area contributed by atoms with Gasteiger partial charge in [-0.3, -0.25) is 4.68 Å². The predicted molar refractivity (Wildman–Crippen MR) is 73.2 cm³/mol. The van der Waals surface area contributed by atoms with Gasteiger partial charge in [-0.1, -0.05) is 27.2 Å². The first kappa shape index (κ1) is 14.2. The van der Waals surface area contributed by atoms with E-state index in [1.54, 1.807) is 0 Å². The van der Waals surface area contributed by atoms with Crippen LogP contribution in [0.15, 0.2) is 0 Å². The number of aromatic nitrogens is 2. The molecule has 3 nitrogen and oxygen atoms in total. The highest BCUT2D eigenvalue weighted by molar-refractivity contribution is 5.28. The van der Waals surface area contributed by atoms with Crippen LogP contribution >= 0.6 is 0 Å². The van der Waals surface area contributed by atoms with E-state index in [-0.39, 0.29) is 0 Å². The molecule has 17 heavy (non-hydrogen) atoms. The molecule has 0 amide bonds. The molecule has 0 radical (unpaired) electrons. The van der Waals surface area contributed by atoms with Crippen LogP contribution in [-0.4, -0.2) is 16.3 Å². The Hall–Kier alpha value is -0.830. The Balaban J connectivity index is 3.04. The van der Waals surface area contributed by atoms with Crippen LogP contribution in [0.1, 0.15) is 56.6 Å². The summed E-state index contributed by atoms with van der Waals surface area (Å²) in [6.07, 6.45) is 2.49. The molecule has 0 aliphatic heterocycles. The lowest BCUT2D eigenvalue weighted by molar-refractivity contribution is 0.366. The van der Waals surface area contributed by atoms with E-state index in [0.29, 0.717) is 12.0 Å². The van der Waals surface area contributed by atoms with Gasteiger partial charge in [-0.25, -0.2) is 0 Å². The van der Waals surface area contributed by atoms with E-state index in [2.05, 4.69) is 45.0 Å². The number of hydrogen-bond donors (Lipinski definition) is 1. The standard InChI is InChI=1S/C14H27N3/c1-7-9-10(3)14(15-8-2)13-11(4)16-17(6)12(13)5/h10,14-15H,7-9H2,1-6H3. The second-order valence-electron chi connectivity index (χ2n) is 5.01. The molecule has 0 saturated heterocycles. The minimum Gasteiger partial charge on any atom is -0.310 e. The maximum atomic E-state index is 4.53. The fourth-order valence-corrected chi connectivity index (χ4v) is 2.67. The summed E-state index contributed by atoms with van der Waals surface area (Å²) in [6, 6.07) is 0.439. The Morgan fingerprint density at radius 2 is 1.94 bits per heavy atom. The smallest absolute Gasteiger partial charge is 0.0644 e. The Bertz CT molecular complexity index is 355. The van der Waals surface area contributed by atoms with Gasteiger partial charge in [0, 0.05) is 24.3 Å².